The molecule has 0 atom stereocenters. The third-order valence-corrected chi connectivity index (χ3v) is 6.16. The SMILES string of the molecule is C=CCNc1nc(-c2cc(C)n(-c3c(C)n(C)n(-c4ccccc4)c3=O)c2C)cs1. The molecule has 3 heterocycles. The number of hydrogen-bond acceptors (Lipinski definition) is 4. The van der Waals surface area contributed by atoms with E-state index in [1.54, 1.807) is 16.0 Å². The second kappa shape index (κ2) is 7.84. The average molecular weight is 420 g/mol. The first-order chi connectivity index (χ1) is 14.4. The Hall–Kier alpha value is -3.32. The van der Waals surface area contributed by atoms with E-state index in [0.717, 1.165) is 39.2 Å². The first-order valence-corrected chi connectivity index (χ1v) is 10.7. The van der Waals surface area contributed by atoms with Gasteiger partial charge in [-0.1, -0.05) is 24.3 Å². The van der Waals surface area contributed by atoms with Gasteiger partial charge in [-0.25, -0.2) is 9.67 Å². The van der Waals surface area contributed by atoms with E-state index in [9.17, 15) is 4.79 Å². The van der Waals surface area contributed by atoms with Crippen molar-refractivity contribution in [2.24, 2.45) is 7.05 Å². The summed E-state index contributed by atoms with van der Waals surface area (Å²) in [7, 11) is 1.92. The molecule has 0 spiro atoms. The zero-order chi connectivity index (χ0) is 21.4. The molecule has 1 N–H and O–H groups in total. The van der Waals surface area contributed by atoms with Crippen LogP contribution in [-0.2, 0) is 7.05 Å². The first kappa shape index (κ1) is 20.0. The summed E-state index contributed by atoms with van der Waals surface area (Å²) in [5, 5.41) is 6.13. The number of para-hydroxylation sites is 1. The quantitative estimate of drug-likeness (QED) is 0.464. The number of aromatic nitrogens is 4. The monoisotopic (exact) mass is 419 g/mol. The zero-order valence-electron chi connectivity index (χ0n) is 17.6. The van der Waals surface area contributed by atoms with Gasteiger partial charge in [-0.3, -0.25) is 9.48 Å². The van der Waals surface area contributed by atoms with E-state index < -0.39 is 0 Å². The van der Waals surface area contributed by atoms with Gasteiger partial charge in [0.15, 0.2) is 5.13 Å². The molecule has 0 unspecified atom stereocenters. The van der Waals surface area contributed by atoms with E-state index in [2.05, 4.69) is 18.0 Å². The van der Waals surface area contributed by atoms with E-state index in [1.165, 1.54) is 0 Å². The summed E-state index contributed by atoms with van der Waals surface area (Å²) in [5.74, 6) is 0. The summed E-state index contributed by atoms with van der Waals surface area (Å²) in [6, 6.07) is 11.8. The second-order valence-electron chi connectivity index (χ2n) is 7.24. The maximum absolute atomic E-state index is 13.5. The Morgan fingerprint density at radius 1 is 1.17 bits per heavy atom. The molecule has 0 saturated carbocycles. The summed E-state index contributed by atoms with van der Waals surface area (Å²) in [5.41, 5.74) is 6.32. The maximum Gasteiger partial charge on any atom is 0.295 e. The number of thiazole rings is 1. The van der Waals surface area contributed by atoms with Crippen LogP contribution in [0.15, 0.2) is 59.2 Å². The summed E-state index contributed by atoms with van der Waals surface area (Å²) < 4.78 is 5.66. The molecule has 6 nitrogen and oxygen atoms in total. The number of rotatable bonds is 6. The first-order valence-electron chi connectivity index (χ1n) is 9.78. The third kappa shape index (κ3) is 3.21. The van der Waals surface area contributed by atoms with Gasteiger partial charge in [-0.05, 0) is 39.0 Å². The molecule has 3 aromatic heterocycles. The van der Waals surface area contributed by atoms with Crippen LogP contribution in [0.25, 0.3) is 22.6 Å². The van der Waals surface area contributed by atoms with Gasteiger partial charge in [-0.2, -0.15) is 0 Å². The molecule has 0 fully saturated rings. The Kier molecular flexibility index (Phi) is 5.22. The number of hydrogen-bond donors (Lipinski definition) is 1. The minimum Gasteiger partial charge on any atom is -0.358 e. The van der Waals surface area contributed by atoms with Crippen molar-refractivity contribution in [2.75, 3.05) is 11.9 Å². The molecule has 0 amide bonds. The Bertz CT molecular complexity index is 1270. The van der Waals surface area contributed by atoms with Crippen LogP contribution in [0.2, 0.25) is 0 Å². The second-order valence-corrected chi connectivity index (χ2v) is 8.10. The van der Waals surface area contributed by atoms with Crippen molar-refractivity contribution in [2.45, 2.75) is 20.8 Å². The van der Waals surface area contributed by atoms with Crippen LogP contribution in [0.3, 0.4) is 0 Å². The fraction of sp³-hybridized carbons (Fsp3) is 0.217. The molecule has 0 saturated heterocycles. The van der Waals surface area contributed by atoms with Crippen molar-refractivity contribution in [1.82, 2.24) is 18.9 Å². The van der Waals surface area contributed by atoms with E-state index >= 15 is 0 Å². The molecule has 0 aliphatic heterocycles. The van der Waals surface area contributed by atoms with E-state index in [0.29, 0.717) is 12.2 Å². The number of nitrogens with one attached hydrogen (secondary N) is 1. The minimum atomic E-state index is -0.0406. The molecule has 30 heavy (non-hydrogen) atoms. The average Bonchev–Trinajstić information content (AvgIpc) is 3.38. The molecule has 0 aliphatic rings. The predicted octanol–water partition coefficient (Wildman–Crippen LogP) is 4.61. The van der Waals surface area contributed by atoms with Crippen molar-refractivity contribution in [3.63, 3.8) is 0 Å². The highest BCUT2D eigenvalue weighted by molar-refractivity contribution is 7.14. The standard InChI is InChI=1S/C23H25N5OS/c1-6-12-24-23-25-20(14-30-23)19-13-15(2)27(16(19)3)21-17(4)26(5)28(22(21)29)18-10-8-7-9-11-18/h6-11,13-14H,1,12H2,2-5H3,(H,24,25). The Morgan fingerprint density at radius 2 is 1.90 bits per heavy atom. The van der Waals surface area contributed by atoms with Crippen molar-refractivity contribution < 1.29 is 0 Å². The Morgan fingerprint density at radius 3 is 2.60 bits per heavy atom. The van der Waals surface area contributed by atoms with Gasteiger partial charge in [0.25, 0.3) is 5.56 Å². The highest BCUT2D eigenvalue weighted by atomic mass is 32.1. The summed E-state index contributed by atoms with van der Waals surface area (Å²) in [6.45, 7) is 10.4. The van der Waals surface area contributed by atoms with Gasteiger partial charge in [0, 0.05) is 35.9 Å². The molecule has 154 valence electrons. The zero-order valence-corrected chi connectivity index (χ0v) is 18.5. The Balaban J connectivity index is 1.84. The number of benzene rings is 1. The molecule has 1 aromatic carbocycles. The van der Waals surface area contributed by atoms with Crippen molar-refractivity contribution >= 4 is 16.5 Å². The molecule has 4 rings (SSSR count). The van der Waals surface area contributed by atoms with Crippen LogP contribution < -0.4 is 10.9 Å². The largest absolute Gasteiger partial charge is 0.358 e. The van der Waals surface area contributed by atoms with Crippen LogP contribution in [0.5, 0.6) is 0 Å². The molecule has 0 aliphatic carbocycles. The van der Waals surface area contributed by atoms with Crippen LogP contribution in [0, 0.1) is 20.8 Å². The lowest BCUT2D eigenvalue weighted by Crippen LogP contribution is -2.21. The maximum atomic E-state index is 13.5. The van der Waals surface area contributed by atoms with Gasteiger partial charge in [0.2, 0.25) is 0 Å². The molecule has 7 heteroatoms. The highest BCUT2D eigenvalue weighted by Gasteiger charge is 2.22. The van der Waals surface area contributed by atoms with Crippen molar-refractivity contribution in [3.05, 3.63) is 81.9 Å². The molecule has 0 radical (unpaired) electrons. The number of aryl methyl sites for hydroxylation is 1. The van der Waals surface area contributed by atoms with Gasteiger partial charge in [-0.15, -0.1) is 17.9 Å². The van der Waals surface area contributed by atoms with Gasteiger partial charge in [0.1, 0.15) is 5.69 Å². The lowest BCUT2D eigenvalue weighted by Gasteiger charge is -2.08. The highest BCUT2D eigenvalue weighted by Crippen LogP contribution is 2.32. The lowest BCUT2D eigenvalue weighted by molar-refractivity contribution is 0.630. The van der Waals surface area contributed by atoms with Crippen molar-refractivity contribution in [1.29, 1.82) is 0 Å². The topological polar surface area (TPSA) is 56.8 Å². The van der Waals surface area contributed by atoms with Crippen molar-refractivity contribution in [3.8, 4) is 22.6 Å². The normalized spacial score (nSPS) is 11.1. The summed E-state index contributed by atoms with van der Waals surface area (Å²) >= 11 is 1.56. The minimum absolute atomic E-state index is 0.0406. The molecule has 4 aromatic rings. The fourth-order valence-corrected chi connectivity index (χ4v) is 4.54. The fourth-order valence-electron chi connectivity index (χ4n) is 3.82. The van der Waals surface area contributed by atoms with E-state index in [1.807, 2.05) is 78.9 Å². The smallest absolute Gasteiger partial charge is 0.295 e. The van der Waals surface area contributed by atoms with Gasteiger partial charge < -0.3 is 9.88 Å². The van der Waals surface area contributed by atoms with Gasteiger partial charge >= 0.3 is 0 Å². The van der Waals surface area contributed by atoms with E-state index in [4.69, 9.17) is 4.98 Å². The predicted molar refractivity (Wildman–Crippen MR) is 124 cm³/mol. The van der Waals surface area contributed by atoms with Crippen LogP contribution in [0.1, 0.15) is 17.1 Å². The van der Waals surface area contributed by atoms with Crippen LogP contribution >= 0.6 is 11.3 Å². The van der Waals surface area contributed by atoms with Crippen LogP contribution in [-0.4, -0.2) is 25.5 Å². The lowest BCUT2D eigenvalue weighted by atomic mass is 10.2. The third-order valence-electron chi connectivity index (χ3n) is 5.36. The Labute approximate surface area is 179 Å². The summed E-state index contributed by atoms with van der Waals surface area (Å²) in [6.07, 6.45) is 1.81. The number of nitrogens with zero attached hydrogens (tertiary/aromatic N) is 4. The number of anilines is 1. The van der Waals surface area contributed by atoms with E-state index in [-0.39, 0.29) is 5.56 Å². The molecular formula is C23H25N5OS. The molecule has 0 bridgehead atoms. The van der Waals surface area contributed by atoms with Crippen LogP contribution in [0.4, 0.5) is 5.13 Å². The molecular weight excluding hydrogens is 394 g/mol. The summed E-state index contributed by atoms with van der Waals surface area (Å²) in [4.78, 5) is 18.2. The van der Waals surface area contributed by atoms with Gasteiger partial charge in [0.05, 0.1) is 17.1 Å².